The topological polar surface area (TPSA) is 156 Å². The molecule has 2 saturated carbocycles. The predicted octanol–water partition coefficient (Wildman–Crippen LogP) is 5.60. The average Bonchev–Trinajstić information content (AvgIpc) is 4.20. The third-order valence-electron chi connectivity index (χ3n) is 16.9. The number of fused-ring (bicyclic) bond motifs is 11. The summed E-state index contributed by atoms with van der Waals surface area (Å²) in [6.07, 6.45) is 6.08. The lowest BCUT2D eigenvalue weighted by Crippen LogP contribution is -2.70. The highest BCUT2D eigenvalue weighted by molar-refractivity contribution is 7.10. The number of hydrogen-bond donors (Lipinski definition) is 2. The number of carbonyl (C=O) groups excluding carboxylic acids is 3. The van der Waals surface area contributed by atoms with Crippen LogP contribution in [0.25, 0.3) is 33.4 Å². The molecule has 6 fully saturated rings. The highest BCUT2D eigenvalue weighted by Gasteiger charge is 2.56. The molecule has 17 heteroatoms. The minimum Gasteiger partial charge on any atom is -0.464 e. The molecule has 2 aliphatic carbocycles. The molecule has 1 unspecified atom stereocenters. The summed E-state index contributed by atoms with van der Waals surface area (Å²) in [4.78, 5) is 61.6. The number of nitrogens with one attached hydrogen (secondary N) is 2. The molecular weight excluding hydrogens is 907 g/mol. The van der Waals surface area contributed by atoms with Gasteiger partial charge in [-0.25, -0.2) is 10.4 Å². The van der Waals surface area contributed by atoms with E-state index in [1.165, 1.54) is 24.2 Å². The second-order valence-electron chi connectivity index (χ2n) is 22.6. The van der Waals surface area contributed by atoms with Gasteiger partial charge in [-0.05, 0) is 74.6 Å². The lowest BCUT2D eigenvalue weighted by Gasteiger charge is -2.58. The number of hydrogen-bond acceptors (Lipinski definition) is 14. The number of rotatable bonds is 5. The van der Waals surface area contributed by atoms with Crippen LogP contribution < -0.4 is 15.6 Å². The number of thiazole rings is 1. The number of pyridine rings is 1. The Morgan fingerprint density at radius 2 is 1.70 bits per heavy atom. The molecule has 6 bridgehead atoms. The van der Waals surface area contributed by atoms with Crippen molar-refractivity contribution in [3.8, 4) is 22.5 Å². The van der Waals surface area contributed by atoms with Crippen LogP contribution in [0, 0.1) is 28.6 Å². The second-order valence-corrected chi connectivity index (χ2v) is 23.5. The largest absolute Gasteiger partial charge is 0.464 e. The van der Waals surface area contributed by atoms with E-state index in [0.717, 1.165) is 101 Å². The third-order valence-corrected chi connectivity index (χ3v) is 17.8. The summed E-state index contributed by atoms with van der Waals surface area (Å²) in [6, 6.07) is 7.52. The normalized spacial score (nSPS) is 30.6. The number of benzene rings is 1. The van der Waals surface area contributed by atoms with Crippen molar-refractivity contribution in [3.63, 3.8) is 0 Å². The lowest BCUT2D eigenvalue weighted by molar-refractivity contribution is -0.202. The summed E-state index contributed by atoms with van der Waals surface area (Å²) in [7, 11) is 0. The van der Waals surface area contributed by atoms with Crippen LogP contribution in [0.2, 0.25) is 0 Å². The Kier molecular flexibility index (Phi) is 12.1. The van der Waals surface area contributed by atoms with E-state index in [1.54, 1.807) is 5.01 Å². The van der Waals surface area contributed by atoms with Crippen molar-refractivity contribution < 1.29 is 33.3 Å². The molecule has 4 saturated heterocycles. The molecule has 3 aromatic heterocycles. The minimum absolute atomic E-state index is 0.0367. The highest BCUT2D eigenvalue weighted by Crippen LogP contribution is 2.48. The Morgan fingerprint density at radius 1 is 0.900 bits per heavy atom. The van der Waals surface area contributed by atoms with Gasteiger partial charge < -0.3 is 33.7 Å². The van der Waals surface area contributed by atoms with Crippen molar-refractivity contribution in [3.05, 3.63) is 52.1 Å². The molecule has 9 heterocycles. The molecule has 4 aromatic rings. The maximum Gasteiger partial charge on any atom is 0.324 e. The van der Waals surface area contributed by atoms with Gasteiger partial charge in [0.1, 0.15) is 17.1 Å². The molecule has 12 rings (SSSR count). The number of nitrogens with zero attached hydrogens (tertiary/aromatic N) is 7. The van der Waals surface area contributed by atoms with Crippen molar-refractivity contribution in [2.24, 2.45) is 28.6 Å². The summed E-state index contributed by atoms with van der Waals surface area (Å²) in [5.41, 5.74) is 10.9. The van der Waals surface area contributed by atoms with E-state index in [1.807, 2.05) is 6.20 Å². The first-order chi connectivity index (χ1) is 33.8. The van der Waals surface area contributed by atoms with Crippen molar-refractivity contribution >= 4 is 45.7 Å². The summed E-state index contributed by atoms with van der Waals surface area (Å²) in [6.45, 7) is 20.0. The van der Waals surface area contributed by atoms with E-state index in [2.05, 4.69) is 94.3 Å². The van der Waals surface area contributed by atoms with E-state index < -0.39 is 29.5 Å². The summed E-state index contributed by atoms with van der Waals surface area (Å²) in [5, 5.41) is 8.80. The van der Waals surface area contributed by atoms with E-state index in [-0.39, 0.29) is 47.7 Å². The number of likely N-dealkylation sites (tertiary alicyclic amines) is 1. The Labute approximate surface area is 414 Å². The van der Waals surface area contributed by atoms with E-state index in [9.17, 15) is 9.59 Å². The zero-order valence-corrected chi connectivity index (χ0v) is 42.2. The van der Waals surface area contributed by atoms with Gasteiger partial charge in [0.2, 0.25) is 5.91 Å². The van der Waals surface area contributed by atoms with E-state index >= 15 is 4.79 Å². The Morgan fingerprint density at radius 3 is 2.44 bits per heavy atom. The second kappa shape index (κ2) is 18.2. The number of aromatic nitrogens is 3. The molecule has 8 aliphatic rings. The van der Waals surface area contributed by atoms with Crippen molar-refractivity contribution in [2.45, 2.75) is 104 Å². The summed E-state index contributed by atoms with van der Waals surface area (Å²) >= 11 is 1.53. The van der Waals surface area contributed by atoms with Gasteiger partial charge in [0.25, 0.3) is 5.91 Å². The van der Waals surface area contributed by atoms with Crippen molar-refractivity contribution in [1.29, 1.82) is 0 Å². The highest BCUT2D eigenvalue weighted by atomic mass is 32.1. The smallest absolute Gasteiger partial charge is 0.324 e. The number of hydrazine groups is 1. The number of esters is 1. The summed E-state index contributed by atoms with van der Waals surface area (Å²) in [5.74, 6) is -0.498. The van der Waals surface area contributed by atoms with Crippen molar-refractivity contribution in [2.75, 3.05) is 90.4 Å². The molecule has 0 radical (unpaired) electrons. The quantitative estimate of drug-likeness (QED) is 0.239. The number of anilines is 1. The van der Waals surface area contributed by atoms with Gasteiger partial charge in [-0.15, -0.1) is 11.3 Å². The molecule has 16 nitrogen and oxygen atoms in total. The fourth-order valence-electron chi connectivity index (χ4n) is 12.4. The zero-order chi connectivity index (χ0) is 48.1. The molecule has 7 atom stereocenters. The third kappa shape index (κ3) is 8.64. The molecule has 1 spiro atoms. The monoisotopic (exact) mass is 976 g/mol. The van der Waals surface area contributed by atoms with Crippen LogP contribution in [0.5, 0.6) is 0 Å². The first kappa shape index (κ1) is 46.6. The Hall–Kier alpha value is -4.49. The number of cyclic esters (lactones) is 1. The first-order valence-electron chi connectivity index (χ1n) is 26.0. The number of piperazine rings is 1. The molecular formula is C53H69N9O7S. The van der Waals surface area contributed by atoms with E-state index in [4.69, 9.17) is 28.9 Å². The standard InChI is InChI=1S/C53H69N9O7S/c1-31-32(2)43(31)48(63)56-45-47(60-26-53(27-60)29-67-30-53)49-55-41(25-70-49)34-8-11-42-37(21-34)39(23-52(4,5)28-69-51(65)40-7-6-12-62(57-40)50(45)64)46-38-22-36(59-15-13-58(14-16-59)35-9-10-35)24-54-44(38)33(3)68-20-19-66-18-17-61(42)46/h8,11,21-22,24-25,31-33,35,40,43,45,47,57H,6-7,9-10,12-20,23,26-30H2,1-5H3,(H,56,63)/t31-,32+,33-,40-,43?,45-,47-/m0/s1. The fourth-order valence-corrected chi connectivity index (χ4v) is 13.4. The Bertz CT molecular complexity index is 2650. The van der Waals surface area contributed by atoms with Crippen LogP contribution in [0.4, 0.5) is 5.69 Å². The lowest BCUT2D eigenvalue weighted by atomic mass is 9.76. The maximum absolute atomic E-state index is 15.1. The van der Waals surface area contributed by atoms with Crippen LogP contribution in [-0.2, 0) is 46.3 Å². The van der Waals surface area contributed by atoms with Crippen LogP contribution in [0.3, 0.4) is 0 Å². The number of carbonyl (C=O) groups is 3. The Balaban J connectivity index is 1.00. The van der Waals surface area contributed by atoms with E-state index in [0.29, 0.717) is 65.4 Å². The number of amides is 2. The van der Waals surface area contributed by atoms with Gasteiger partial charge in [0.05, 0.1) is 80.8 Å². The summed E-state index contributed by atoms with van der Waals surface area (Å²) < 4.78 is 27.1. The number of ether oxygens (including phenoxy) is 4. The molecule has 2 N–H and O–H groups in total. The van der Waals surface area contributed by atoms with Gasteiger partial charge in [0, 0.05) is 103 Å². The SMILES string of the molecule is C[C@@H]1OCCOCCn2c(c3c4cc(ccc42)-c2csc(n2)[C@@H](N2CC4(COC4)C2)[C@H](NC(=O)C2[C@@H](C)[C@H]2C)C(=O)N2CCC[C@H](N2)C(=O)OCC(C)(C)C3)-c2cc(N3CCN(C4CC4)CC3)cnc21. The fraction of sp³-hybridized carbons (Fsp3) is 0.642. The first-order valence-corrected chi connectivity index (χ1v) is 26.9. The van der Waals surface area contributed by atoms with Crippen LogP contribution in [-0.4, -0.2) is 151 Å². The average molecular weight is 976 g/mol. The van der Waals surface area contributed by atoms with Crippen LogP contribution in [0.1, 0.15) is 88.7 Å². The van der Waals surface area contributed by atoms with Gasteiger partial charge in [-0.1, -0.05) is 33.8 Å². The molecule has 1 aromatic carbocycles. The van der Waals surface area contributed by atoms with Crippen LogP contribution in [0.15, 0.2) is 35.8 Å². The maximum atomic E-state index is 15.1. The molecule has 374 valence electrons. The zero-order valence-electron chi connectivity index (χ0n) is 41.4. The van der Waals surface area contributed by atoms with Gasteiger partial charge in [0.15, 0.2) is 0 Å². The predicted molar refractivity (Wildman–Crippen MR) is 266 cm³/mol. The van der Waals surface area contributed by atoms with Crippen LogP contribution >= 0.6 is 11.3 Å². The molecule has 70 heavy (non-hydrogen) atoms. The minimum atomic E-state index is -0.948. The molecule has 6 aliphatic heterocycles. The van der Waals surface area contributed by atoms with Gasteiger partial charge >= 0.3 is 5.97 Å². The molecule has 2 amide bonds. The van der Waals surface area contributed by atoms with Gasteiger partial charge in [-0.3, -0.25) is 34.2 Å². The van der Waals surface area contributed by atoms with Gasteiger partial charge in [-0.2, -0.15) is 0 Å². The van der Waals surface area contributed by atoms with Crippen molar-refractivity contribution in [1.82, 2.24) is 40.1 Å².